The predicted octanol–water partition coefficient (Wildman–Crippen LogP) is 2.33. The summed E-state index contributed by atoms with van der Waals surface area (Å²) >= 11 is 3.06. The zero-order valence-corrected chi connectivity index (χ0v) is 10.1. The summed E-state index contributed by atoms with van der Waals surface area (Å²) in [6, 6.07) is 3.51. The van der Waals surface area contributed by atoms with Gasteiger partial charge in [0.2, 0.25) is 0 Å². The highest BCUT2D eigenvalue weighted by atomic mass is 79.9. The third-order valence-electron chi connectivity index (χ3n) is 2.20. The van der Waals surface area contributed by atoms with Gasteiger partial charge in [0.15, 0.2) is 11.6 Å². The smallest absolute Gasteiger partial charge is 0.267 e. The normalized spacial score (nSPS) is 10.5. The lowest BCUT2D eigenvalue weighted by atomic mass is 10.2. The van der Waals surface area contributed by atoms with E-state index in [1.807, 2.05) is 0 Å². The zero-order valence-electron chi connectivity index (χ0n) is 8.53. The molecule has 0 aliphatic carbocycles. The predicted molar refractivity (Wildman–Crippen MR) is 61.7 cm³/mol. The Labute approximate surface area is 104 Å². The molecular weight excluding hydrogens is 294 g/mol. The Morgan fingerprint density at radius 3 is 2.76 bits per heavy atom. The molecule has 1 aromatic carbocycles. The van der Waals surface area contributed by atoms with Gasteiger partial charge >= 0.3 is 0 Å². The van der Waals surface area contributed by atoms with E-state index >= 15 is 0 Å². The molecule has 88 valence electrons. The molecule has 1 heterocycles. The van der Waals surface area contributed by atoms with Crippen LogP contribution in [-0.4, -0.2) is 9.55 Å². The molecule has 0 aliphatic heterocycles. The van der Waals surface area contributed by atoms with Crippen molar-refractivity contribution < 1.29 is 8.78 Å². The molecule has 17 heavy (non-hydrogen) atoms. The summed E-state index contributed by atoms with van der Waals surface area (Å²) in [4.78, 5) is 15.5. The maximum absolute atomic E-state index is 13.0. The average Bonchev–Trinajstić information content (AvgIpc) is 2.30. The number of aromatic nitrogens is 2. The molecule has 0 amide bonds. The van der Waals surface area contributed by atoms with Crippen molar-refractivity contribution in [2.75, 3.05) is 0 Å². The second-order valence-electron chi connectivity index (χ2n) is 3.42. The molecule has 0 radical (unpaired) electrons. The number of rotatable bonds is 2. The summed E-state index contributed by atoms with van der Waals surface area (Å²) in [5.41, 5.74) is 0.218. The van der Waals surface area contributed by atoms with Crippen molar-refractivity contribution in [1.82, 2.24) is 9.55 Å². The highest BCUT2D eigenvalue weighted by Gasteiger charge is 2.05. The van der Waals surface area contributed by atoms with E-state index in [2.05, 4.69) is 20.9 Å². The van der Waals surface area contributed by atoms with Crippen LogP contribution in [0.2, 0.25) is 0 Å². The molecule has 2 rings (SSSR count). The molecule has 0 aliphatic rings. The van der Waals surface area contributed by atoms with Crippen molar-refractivity contribution in [1.29, 1.82) is 0 Å². The highest BCUT2D eigenvalue weighted by Crippen LogP contribution is 2.09. The quantitative estimate of drug-likeness (QED) is 0.853. The first-order valence-electron chi connectivity index (χ1n) is 4.72. The standard InChI is InChI=1S/C11H7BrF2N2O/c12-8-4-15-6-16(11(8)17)5-7-1-2-9(13)10(14)3-7/h1-4,6H,5H2. The first kappa shape index (κ1) is 11.9. The Balaban J connectivity index is 2.35. The van der Waals surface area contributed by atoms with Gasteiger partial charge < -0.3 is 0 Å². The third-order valence-corrected chi connectivity index (χ3v) is 2.74. The summed E-state index contributed by atoms with van der Waals surface area (Å²) in [6.07, 6.45) is 2.72. The van der Waals surface area contributed by atoms with Crippen molar-refractivity contribution >= 4 is 15.9 Å². The highest BCUT2D eigenvalue weighted by molar-refractivity contribution is 9.10. The number of nitrogens with zero attached hydrogens (tertiary/aromatic N) is 2. The van der Waals surface area contributed by atoms with E-state index in [-0.39, 0.29) is 12.1 Å². The van der Waals surface area contributed by atoms with Gasteiger partial charge in [0.05, 0.1) is 12.9 Å². The maximum atomic E-state index is 13.0. The first-order valence-corrected chi connectivity index (χ1v) is 5.51. The van der Waals surface area contributed by atoms with Crippen LogP contribution in [0.5, 0.6) is 0 Å². The summed E-state index contributed by atoms with van der Waals surface area (Å²) in [5.74, 6) is -1.84. The van der Waals surface area contributed by atoms with E-state index < -0.39 is 11.6 Å². The van der Waals surface area contributed by atoms with Crippen LogP contribution in [0.1, 0.15) is 5.56 Å². The van der Waals surface area contributed by atoms with Crippen molar-refractivity contribution in [3.05, 3.63) is 62.7 Å². The summed E-state index contributed by atoms with van der Waals surface area (Å²) in [6.45, 7) is 0.141. The topological polar surface area (TPSA) is 34.9 Å². The first-order chi connectivity index (χ1) is 8.08. The monoisotopic (exact) mass is 300 g/mol. The van der Waals surface area contributed by atoms with E-state index in [0.717, 1.165) is 12.1 Å². The van der Waals surface area contributed by atoms with Gasteiger partial charge in [-0.2, -0.15) is 0 Å². The van der Waals surface area contributed by atoms with Crippen LogP contribution in [0.3, 0.4) is 0 Å². The number of hydrogen-bond acceptors (Lipinski definition) is 2. The molecule has 0 saturated heterocycles. The Kier molecular flexibility index (Phi) is 3.33. The van der Waals surface area contributed by atoms with Crippen LogP contribution in [0, 0.1) is 11.6 Å². The lowest BCUT2D eigenvalue weighted by molar-refractivity contribution is 0.506. The summed E-state index contributed by atoms with van der Waals surface area (Å²) in [7, 11) is 0. The molecule has 1 aromatic heterocycles. The van der Waals surface area contributed by atoms with E-state index in [1.54, 1.807) is 0 Å². The van der Waals surface area contributed by atoms with E-state index in [9.17, 15) is 13.6 Å². The fourth-order valence-electron chi connectivity index (χ4n) is 1.37. The van der Waals surface area contributed by atoms with Gasteiger partial charge in [-0.15, -0.1) is 0 Å². The van der Waals surface area contributed by atoms with E-state index in [4.69, 9.17) is 0 Å². The van der Waals surface area contributed by atoms with Gasteiger partial charge in [-0.1, -0.05) is 6.07 Å². The Bertz CT molecular complexity index is 613. The molecule has 0 spiro atoms. The summed E-state index contributed by atoms with van der Waals surface area (Å²) < 4.78 is 27.3. The van der Waals surface area contributed by atoms with Crippen LogP contribution in [0.4, 0.5) is 8.78 Å². The Hall–Kier alpha value is -1.56. The zero-order chi connectivity index (χ0) is 12.4. The lowest BCUT2D eigenvalue weighted by Gasteiger charge is -2.05. The van der Waals surface area contributed by atoms with E-state index in [0.29, 0.717) is 10.0 Å². The van der Waals surface area contributed by atoms with Gasteiger partial charge in [0, 0.05) is 6.20 Å². The van der Waals surface area contributed by atoms with Crippen molar-refractivity contribution in [2.45, 2.75) is 6.54 Å². The second kappa shape index (κ2) is 4.75. The average molecular weight is 301 g/mol. The Morgan fingerprint density at radius 2 is 2.06 bits per heavy atom. The Morgan fingerprint density at radius 1 is 1.29 bits per heavy atom. The summed E-state index contributed by atoms with van der Waals surface area (Å²) in [5, 5.41) is 0. The van der Waals surface area contributed by atoms with Crippen molar-refractivity contribution in [2.24, 2.45) is 0 Å². The molecule has 0 fully saturated rings. The minimum atomic E-state index is -0.932. The maximum Gasteiger partial charge on any atom is 0.267 e. The number of hydrogen-bond donors (Lipinski definition) is 0. The number of benzene rings is 1. The SMILES string of the molecule is O=c1c(Br)cncn1Cc1ccc(F)c(F)c1. The fourth-order valence-corrected chi connectivity index (χ4v) is 1.72. The van der Waals surface area contributed by atoms with Crippen LogP contribution in [0.15, 0.2) is 40.0 Å². The lowest BCUT2D eigenvalue weighted by Crippen LogP contribution is -2.21. The third kappa shape index (κ3) is 2.58. The molecule has 2 aromatic rings. The minimum absolute atomic E-state index is 0.141. The van der Waals surface area contributed by atoms with Crippen LogP contribution in [0.25, 0.3) is 0 Å². The van der Waals surface area contributed by atoms with Crippen LogP contribution < -0.4 is 5.56 Å². The molecule has 0 atom stereocenters. The molecule has 0 N–H and O–H groups in total. The molecular formula is C11H7BrF2N2O. The van der Waals surface area contributed by atoms with Crippen LogP contribution in [-0.2, 0) is 6.54 Å². The number of halogens is 3. The van der Waals surface area contributed by atoms with Gasteiger partial charge in [0.1, 0.15) is 4.47 Å². The molecule has 6 heteroatoms. The van der Waals surface area contributed by atoms with Gasteiger partial charge in [-0.25, -0.2) is 13.8 Å². The van der Waals surface area contributed by atoms with E-state index in [1.165, 1.54) is 23.2 Å². The molecule has 0 saturated carbocycles. The second-order valence-corrected chi connectivity index (χ2v) is 4.28. The molecule has 0 unspecified atom stereocenters. The molecule has 3 nitrogen and oxygen atoms in total. The molecule has 0 bridgehead atoms. The minimum Gasteiger partial charge on any atom is -0.294 e. The van der Waals surface area contributed by atoms with Gasteiger partial charge in [-0.05, 0) is 33.6 Å². The van der Waals surface area contributed by atoms with Crippen molar-refractivity contribution in [3.63, 3.8) is 0 Å². The van der Waals surface area contributed by atoms with Gasteiger partial charge in [0.25, 0.3) is 5.56 Å². The van der Waals surface area contributed by atoms with Crippen LogP contribution >= 0.6 is 15.9 Å². The van der Waals surface area contributed by atoms with Crippen molar-refractivity contribution in [3.8, 4) is 0 Å². The largest absolute Gasteiger partial charge is 0.294 e. The fraction of sp³-hybridized carbons (Fsp3) is 0.0909. The van der Waals surface area contributed by atoms with Gasteiger partial charge in [-0.3, -0.25) is 9.36 Å².